The zero-order chi connectivity index (χ0) is 22.8. The number of imide groups is 1. The van der Waals surface area contributed by atoms with Gasteiger partial charge in [0.15, 0.2) is 0 Å². The van der Waals surface area contributed by atoms with E-state index in [-0.39, 0.29) is 34.9 Å². The van der Waals surface area contributed by atoms with Crippen LogP contribution in [-0.2, 0) is 4.74 Å². The maximum atomic E-state index is 13.0. The number of amides is 3. The number of hydrogen-bond donors (Lipinski definition) is 2. The molecular weight excluding hydrogens is 410 g/mol. The molecule has 4 rings (SSSR count). The topological polar surface area (TPSA) is 119 Å². The fraction of sp³-hybridized carbons (Fsp3) is 0.0833. The highest BCUT2D eigenvalue weighted by Crippen LogP contribution is 2.31. The van der Waals surface area contributed by atoms with Gasteiger partial charge in [-0.15, -0.1) is 0 Å². The van der Waals surface area contributed by atoms with E-state index in [4.69, 9.17) is 10.5 Å². The Labute approximate surface area is 183 Å². The summed E-state index contributed by atoms with van der Waals surface area (Å²) < 4.78 is 4.98. The first-order chi connectivity index (χ1) is 15.4. The van der Waals surface area contributed by atoms with E-state index in [1.807, 2.05) is 0 Å². The predicted molar refractivity (Wildman–Crippen MR) is 119 cm³/mol. The summed E-state index contributed by atoms with van der Waals surface area (Å²) in [5, 5.41) is 2.71. The van der Waals surface area contributed by atoms with Crippen molar-refractivity contribution in [2.24, 2.45) is 0 Å². The zero-order valence-electron chi connectivity index (χ0n) is 17.1. The third-order valence-electron chi connectivity index (χ3n) is 4.93. The summed E-state index contributed by atoms with van der Waals surface area (Å²) in [6.07, 6.45) is 0. The highest BCUT2D eigenvalue weighted by atomic mass is 16.5. The molecule has 1 aliphatic heterocycles. The largest absolute Gasteiger partial charge is 0.462 e. The number of esters is 1. The van der Waals surface area contributed by atoms with Gasteiger partial charge in [0.05, 0.1) is 29.0 Å². The molecule has 3 N–H and O–H groups in total. The number of fused-ring (bicyclic) bond motifs is 1. The van der Waals surface area contributed by atoms with Crippen LogP contribution in [0.4, 0.5) is 17.1 Å². The maximum Gasteiger partial charge on any atom is 0.338 e. The van der Waals surface area contributed by atoms with Crippen molar-refractivity contribution in [1.29, 1.82) is 0 Å². The van der Waals surface area contributed by atoms with E-state index < -0.39 is 17.8 Å². The van der Waals surface area contributed by atoms with Crippen molar-refractivity contribution in [2.45, 2.75) is 6.92 Å². The quantitative estimate of drug-likeness (QED) is 0.364. The van der Waals surface area contributed by atoms with Gasteiger partial charge in [-0.3, -0.25) is 14.4 Å². The Morgan fingerprint density at radius 1 is 0.906 bits per heavy atom. The number of nitrogens with one attached hydrogen (secondary N) is 1. The standard InChI is InChI=1S/C24H19N3O5/c1-2-32-24(31)15-4-3-5-18(12-15)27-22(29)19-11-10-17(13-20(19)23(27)30)26-21(28)14-6-8-16(25)9-7-14/h3-13H,2,25H2,1H3,(H,26,28). The number of hydrogen-bond acceptors (Lipinski definition) is 6. The average Bonchev–Trinajstić information content (AvgIpc) is 3.04. The number of carbonyl (C=O) groups is 4. The summed E-state index contributed by atoms with van der Waals surface area (Å²) in [6, 6.07) is 17.0. The fourth-order valence-corrected chi connectivity index (χ4v) is 3.38. The van der Waals surface area contributed by atoms with Crippen molar-refractivity contribution >= 4 is 40.8 Å². The second-order valence-corrected chi connectivity index (χ2v) is 7.05. The minimum absolute atomic E-state index is 0.159. The molecule has 32 heavy (non-hydrogen) atoms. The predicted octanol–water partition coefficient (Wildman–Crippen LogP) is 3.50. The number of carbonyl (C=O) groups excluding carboxylic acids is 4. The molecule has 0 aliphatic carbocycles. The molecule has 1 heterocycles. The van der Waals surface area contributed by atoms with Gasteiger partial charge in [0.25, 0.3) is 17.7 Å². The number of benzene rings is 3. The van der Waals surface area contributed by atoms with Gasteiger partial charge >= 0.3 is 5.97 Å². The monoisotopic (exact) mass is 429 g/mol. The zero-order valence-corrected chi connectivity index (χ0v) is 17.1. The summed E-state index contributed by atoms with van der Waals surface area (Å²) in [6.45, 7) is 1.90. The third kappa shape index (κ3) is 3.81. The normalized spacial score (nSPS) is 12.5. The Bertz CT molecular complexity index is 1250. The van der Waals surface area contributed by atoms with Crippen LogP contribution >= 0.6 is 0 Å². The van der Waals surface area contributed by atoms with Crippen molar-refractivity contribution < 1.29 is 23.9 Å². The lowest BCUT2D eigenvalue weighted by atomic mass is 10.1. The van der Waals surface area contributed by atoms with Crippen molar-refractivity contribution in [2.75, 3.05) is 22.6 Å². The van der Waals surface area contributed by atoms with Gasteiger partial charge in [0.2, 0.25) is 0 Å². The summed E-state index contributed by atoms with van der Waals surface area (Å²) in [7, 11) is 0. The van der Waals surface area contributed by atoms with E-state index in [1.54, 1.807) is 55.5 Å². The van der Waals surface area contributed by atoms with E-state index in [0.29, 0.717) is 16.9 Å². The second kappa shape index (κ2) is 8.35. The SMILES string of the molecule is CCOC(=O)c1cccc(N2C(=O)c3ccc(NC(=O)c4ccc(N)cc4)cc3C2=O)c1. The highest BCUT2D eigenvalue weighted by molar-refractivity contribution is 6.34. The summed E-state index contributed by atoms with van der Waals surface area (Å²) in [4.78, 5) is 51.4. The lowest BCUT2D eigenvalue weighted by Crippen LogP contribution is -2.29. The van der Waals surface area contributed by atoms with Gasteiger partial charge in [-0.25, -0.2) is 9.69 Å². The van der Waals surface area contributed by atoms with E-state index in [0.717, 1.165) is 4.90 Å². The molecule has 0 saturated carbocycles. The molecule has 0 radical (unpaired) electrons. The van der Waals surface area contributed by atoms with Crippen molar-refractivity contribution in [3.05, 3.63) is 89.0 Å². The molecule has 3 aromatic rings. The molecule has 0 spiro atoms. The first-order valence-corrected chi connectivity index (χ1v) is 9.86. The average molecular weight is 429 g/mol. The Hall–Kier alpha value is -4.46. The van der Waals surface area contributed by atoms with Crippen LogP contribution in [0.1, 0.15) is 48.4 Å². The third-order valence-corrected chi connectivity index (χ3v) is 4.93. The van der Waals surface area contributed by atoms with Gasteiger partial charge in [0.1, 0.15) is 0 Å². The molecule has 8 heteroatoms. The van der Waals surface area contributed by atoms with Gasteiger partial charge in [-0.2, -0.15) is 0 Å². The molecule has 0 unspecified atom stereocenters. The highest BCUT2D eigenvalue weighted by Gasteiger charge is 2.37. The molecule has 3 aromatic carbocycles. The molecule has 8 nitrogen and oxygen atoms in total. The number of anilines is 3. The second-order valence-electron chi connectivity index (χ2n) is 7.05. The van der Waals surface area contributed by atoms with Crippen LogP contribution in [0, 0.1) is 0 Å². The van der Waals surface area contributed by atoms with Crippen LogP contribution in [-0.4, -0.2) is 30.3 Å². The van der Waals surface area contributed by atoms with Crippen LogP contribution in [0.5, 0.6) is 0 Å². The van der Waals surface area contributed by atoms with E-state index in [2.05, 4.69) is 5.32 Å². The Morgan fingerprint density at radius 2 is 1.62 bits per heavy atom. The minimum Gasteiger partial charge on any atom is -0.462 e. The molecular formula is C24H19N3O5. The molecule has 0 saturated heterocycles. The molecule has 0 aromatic heterocycles. The van der Waals surface area contributed by atoms with Crippen molar-refractivity contribution in [3.8, 4) is 0 Å². The fourth-order valence-electron chi connectivity index (χ4n) is 3.38. The molecule has 3 amide bonds. The molecule has 0 fully saturated rings. The summed E-state index contributed by atoms with van der Waals surface area (Å²) >= 11 is 0. The van der Waals surface area contributed by atoms with Crippen LogP contribution in [0.25, 0.3) is 0 Å². The number of nitrogens with zero attached hydrogens (tertiary/aromatic N) is 1. The number of nitrogens with two attached hydrogens (primary N) is 1. The van der Waals surface area contributed by atoms with Gasteiger partial charge in [-0.05, 0) is 67.6 Å². The minimum atomic E-state index is -0.547. The van der Waals surface area contributed by atoms with E-state index >= 15 is 0 Å². The smallest absolute Gasteiger partial charge is 0.338 e. The maximum absolute atomic E-state index is 13.0. The van der Waals surface area contributed by atoms with Crippen LogP contribution in [0.3, 0.4) is 0 Å². The lowest BCUT2D eigenvalue weighted by Gasteiger charge is -2.14. The molecule has 0 bridgehead atoms. The summed E-state index contributed by atoms with van der Waals surface area (Å²) in [5.74, 6) is -1.98. The molecule has 160 valence electrons. The number of ether oxygens (including phenoxy) is 1. The van der Waals surface area contributed by atoms with Gasteiger partial charge in [0, 0.05) is 16.9 Å². The number of nitrogen functional groups attached to an aromatic ring is 1. The van der Waals surface area contributed by atoms with Gasteiger partial charge < -0.3 is 15.8 Å². The Balaban J connectivity index is 1.59. The van der Waals surface area contributed by atoms with Crippen molar-refractivity contribution in [3.63, 3.8) is 0 Å². The van der Waals surface area contributed by atoms with E-state index in [9.17, 15) is 19.2 Å². The number of rotatable bonds is 5. The molecule has 0 atom stereocenters. The van der Waals surface area contributed by atoms with Gasteiger partial charge in [-0.1, -0.05) is 6.07 Å². The first kappa shape index (κ1) is 20.8. The van der Waals surface area contributed by atoms with Crippen molar-refractivity contribution in [1.82, 2.24) is 0 Å². The Morgan fingerprint density at radius 3 is 2.34 bits per heavy atom. The Kier molecular flexibility index (Phi) is 5.43. The first-order valence-electron chi connectivity index (χ1n) is 9.86. The van der Waals surface area contributed by atoms with Crippen LogP contribution in [0.2, 0.25) is 0 Å². The lowest BCUT2D eigenvalue weighted by molar-refractivity contribution is 0.0525. The summed E-state index contributed by atoms with van der Waals surface area (Å²) in [5.41, 5.74) is 7.81. The van der Waals surface area contributed by atoms with Crippen LogP contribution < -0.4 is 16.0 Å². The van der Waals surface area contributed by atoms with E-state index in [1.165, 1.54) is 18.2 Å². The van der Waals surface area contributed by atoms with Crippen LogP contribution in [0.15, 0.2) is 66.7 Å². The molecule has 1 aliphatic rings.